The third-order valence-electron chi connectivity index (χ3n) is 1.48. The fraction of sp³-hybridized carbons (Fsp3) is 0.333. The van der Waals surface area contributed by atoms with Crippen molar-refractivity contribution in [1.82, 2.24) is 0 Å². The lowest BCUT2D eigenvalue weighted by molar-refractivity contribution is -0.159. The fourth-order valence-corrected chi connectivity index (χ4v) is 1.47. The molecule has 0 saturated carbocycles. The minimum atomic E-state index is -4.40. The molecule has 1 N–H and O–H groups in total. The summed E-state index contributed by atoms with van der Waals surface area (Å²) in [6.45, 7) is 0.150. The molecular weight excluding hydrogens is 281 g/mol. The molecular formula is C9H10ClF3O3S. The summed E-state index contributed by atoms with van der Waals surface area (Å²) in [6, 6.07) is 6.37. The van der Waals surface area contributed by atoms with Crippen LogP contribution >= 0.6 is 10.7 Å². The van der Waals surface area contributed by atoms with Crippen molar-refractivity contribution >= 4 is 19.7 Å². The maximum atomic E-state index is 10.7. The van der Waals surface area contributed by atoms with Gasteiger partial charge in [0, 0.05) is 10.7 Å². The van der Waals surface area contributed by atoms with Gasteiger partial charge in [0.15, 0.2) is 0 Å². The molecule has 0 aromatic heterocycles. The van der Waals surface area contributed by atoms with Crippen molar-refractivity contribution < 1.29 is 26.7 Å². The van der Waals surface area contributed by atoms with E-state index in [4.69, 9.17) is 15.8 Å². The van der Waals surface area contributed by atoms with E-state index in [1.165, 1.54) is 12.1 Å². The monoisotopic (exact) mass is 290 g/mol. The van der Waals surface area contributed by atoms with Gasteiger partial charge >= 0.3 is 6.18 Å². The van der Waals surface area contributed by atoms with Gasteiger partial charge in [-0.2, -0.15) is 13.2 Å². The number of benzene rings is 1. The predicted molar refractivity (Wildman–Crippen MR) is 57.4 cm³/mol. The van der Waals surface area contributed by atoms with Gasteiger partial charge in [-0.3, -0.25) is 0 Å². The van der Waals surface area contributed by atoms with E-state index in [-0.39, 0.29) is 4.90 Å². The molecule has 0 atom stereocenters. The molecule has 0 bridgehead atoms. The summed E-state index contributed by atoms with van der Waals surface area (Å²) >= 11 is 0. The Balaban J connectivity index is 0.000000366. The Kier molecular flexibility index (Phi) is 5.94. The van der Waals surface area contributed by atoms with Crippen molar-refractivity contribution in [1.29, 1.82) is 0 Å². The highest BCUT2D eigenvalue weighted by molar-refractivity contribution is 8.13. The number of aryl methyl sites for hydroxylation is 1. The molecule has 0 aliphatic heterocycles. The maximum absolute atomic E-state index is 10.7. The van der Waals surface area contributed by atoms with Crippen LogP contribution in [0.5, 0.6) is 0 Å². The second-order valence-corrected chi connectivity index (χ2v) is 5.59. The third kappa shape index (κ3) is 8.00. The molecule has 0 heterocycles. The summed E-state index contributed by atoms with van der Waals surface area (Å²) in [6.07, 6.45) is -4.40. The summed E-state index contributed by atoms with van der Waals surface area (Å²) in [7, 11) is 1.54. The van der Waals surface area contributed by atoms with E-state index in [1.807, 2.05) is 6.92 Å². The number of halogens is 4. The molecule has 98 valence electrons. The second kappa shape index (κ2) is 6.23. The van der Waals surface area contributed by atoms with Crippen LogP contribution in [0.15, 0.2) is 29.2 Å². The van der Waals surface area contributed by atoms with Crippen molar-refractivity contribution in [2.75, 3.05) is 6.61 Å². The number of rotatable bonds is 1. The molecule has 1 aromatic carbocycles. The molecule has 0 aliphatic rings. The van der Waals surface area contributed by atoms with Crippen LogP contribution in [0.1, 0.15) is 5.56 Å². The molecule has 0 unspecified atom stereocenters. The smallest absolute Gasteiger partial charge is 0.387 e. The molecule has 1 aromatic rings. The van der Waals surface area contributed by atoms with E-state index >= 15 is 0 Å². The van der Waals surface area contributed by atoms with Crippen LogP contribution in [0, 0.1) is 6.92 Å². The Bertz CT molecular complexity index is 440. The van der Waals surface area contributed by atoms with Crippen molar-refractivity contribution in [3.63, 3.8) is 0 Å². The van der Waals surface area contributed by atoms with Crippen LogP contribution < -0.4 is 0 Å². The summed E-state index contributed by atoms with van der Waals surface area (Å²) < 4.78 is 53.0. The molecule has 0 amide bonds. The molecule has 0 saturated heterocycles. The number of alkyl halides is 3. The standard InChI is InChI=1S/C7H7ClO2S.C2H3F3O/c1-6-2-4-7(5-3-6)11(8,9)10;3-2(4,5)1-6/h2-5H,1H3;6H,1H2. The number of hydrogen-bond acceptors (Lipinski definition) is 3. The maximum Gasteiger partial charge on any atom is 0.411 e. The lowest BCUT2D eigenvalue weighted by Crippen LogP contribution is -2.12. The third-order valence-corrected chi connectivity index (χ3v) is 2.85. The van der Waals surface area contributed by atoms with Gasteiger partial charge in [0.25, 0.3) is 9.05 Å². The van der Waals surface area contributed by atoms with Gasteiger partial charge in [0.05, 0.1) is 4.90 Å². The molecule has 0 spiro atoms. The lowest BCUT2D eigenvalue weighted by Gasteiger charge is -1.95. The lowest BCUT2D eigenvalue weighted by atomic mass is 10.2. The Labute approximate surface area is 101 Å². The molecule has 0 aliphatic carbocycles. The first kappa shape index (κ1) is 16.2. The van der Waals surface area contributed by atoms with E-state index in [9.17, 15) is 21.6 Å². The summed E-state index contributed by atoms with van der Waals surface area (Å²) in [5.74, 6) is 0. The average molecular weight is 291 g/mol. The van der Waals surface area contributed by atoms with Gasteiger partial charge in [-0.05, 0) is 19.1 Å². The molecule has 17 heavy (non-hydrogen) atoms. The second-order valence-electron chi connectivity index (χ2n) is 3.02. The highest BCUT2D eigenvalue weighted by atomic mass is 35.7. The Morgan fingerprint density at radius 1 is 1.24 bits per heavy atom. The van der Waals surface area contributed by atoms with Crippen LogP contribution in [0.4, 0.5) is 13.2 Å². The van der Waals surface area contributed by atoms with Crippen LogP contribution in [-0.2, 0) is 9.05 Å². The highest BCUT2D eigenvalue weighted by Gasteiger charge is 2.24. The molecule has 1 rings (SSSR count). The van der Waals surface area contributed by atoms with Gasteiger partial charge < -0.3 is 5.11 Å². The first-order valence-electron chi connectivity index (χ1n) is 4.25. The van der Waals surface area contributed by atoms with Crippen molar-refractivity contribution in [3.8, 4) is 0 Å². The van der Waals surface area contributed by atoms with E-state index in [0.717, 1.165) is 5.56 Å². The molecule has 0 fully saturated rings. The zero-order valence-corrected chi connectivity index (χ0v) is 10.3. The molecule has 3 nitrogen and oxygen atoms in total. The topological polar surface area (TPSA) is 54.4 Å². The Morgan fingerprint density at radius 2 is 1.59 bits per heavy atom. The normalized spacial score (nSPS) is 11.6. The van der Waals surface area contributed by atoms with Crippen molar-refractivity contribution in [2.45, 2.75) is 18.0 Å². The van der Waals surface area contributed by atoms with Crippen molar-refractivity contribution in [2.24, 2.45) is 0 Å². The van der Waals surface area contributed by atoms with E-state index in [0.29, 0.717) is 0 Å². The van der Waals surface area contributed by atoms with E-state index < -0.39 is 21.8 Å². The zero-order chi connectivity index (χ0) is 13.7. The van der Waals surface area contributed by atoms with Gasteiger partial charge in [-0.15, -0.1) is 0 Å². The van der Waals surface area contributed by atoms with E-state index in [1.54, 1.807) is 12.1 Å². The first-order chi connectivity index (χ1) is 7.56. The predicted octanol–water partition coefficient (Wildman–Crippen LogP) is 2.46. The first-order valence-corrected chi connectivity index (χ1v) is 6.56. The Hall–Kier alpha value is -0.790. The summed E-state index contributed by atoms with van der Waals surface area (Å²) in [4.78, 5) is 0.143. The molecule has 0 radical (unpaired) electrons. The quantitative estimate of drug-likeness (QED) is 0.808. The number of hydrogen-bond donors (Lipinski definition) is 1. The number of aliphatic hydroxyl groups is 1. The van der Waals surface area contributed by atoms with Gasteiger partial charge in [0.1, 0.15) is 6.61 Å². The van der Waals surface area contributed by atoms with Crippen LogP contribution in [-0.4, -0.2) is 26.3 Å². The van der Waals surface area contributed by atoms with E-state index in [2.05, 4.69) is 0 Å². The van der Waals surface area contributed by atoms with Crippen LogP contribution in [0.3, 0.4) is 0 Å². The largest absolute Gasteiger partial charge is 0.411 e. The minimum Gasteiger partial charge on any atom is -0.387 e. The molecule has 8 heteroatoms. The summed E-state index contributed by atoms with van der Waals surface area (Å²) in [5.41, 5.74) is 1.01. The van der Waals surface area contributed by atoms with Crippen LogP contribution in [0.2, 0.25) is 0 Å². The highest BCUT2D eigenvalue weighted by Crippen LogP contribution is 2.14. The summed E-state index contributed by atoms with van der Waals surface area (Å²) in [5, 5.41) is 7.28. The van der Waals surface area contributed by atoms with Gasteiger partial charge in [-0.1, -0.05) is 17.7 Å². The Morgan fingerprint density at radius 3 is 1.82 bits per heavy atom. The average Bonchev–Trinajstić information content (AvgIpc) is 2.17. The SMILES string of the molecule is Cc1ccc(S(=O)(=O)Cl)cc1.OCC(F)(F)F. The van der Waals surface area contributed by atoms with Gasteiger partial charge in [-0.25, -0.2) is 8.42 Å². The number of aliphatic hydroxyl groups excluding tert-OH is 1. The van der Waals surface area contributed by atoms with Crippen molar-refractivity contribution in [3.05, 3.63) is 29.8 Å². The zero-order valence-electron chi connectivity index (χ0n) is 8.70. The minimum absolute atomic E-state index is 0.143. The van der Waals surface area contributed by atoms with Gasteiger partial charge in [0.2, 0.25) is 0 Å². The fourth-order valence-electron chi connectivity index (χ4n) is 0.701. The van der Waals surface area contributed by atoms with Crippen LogP contribution in [0.25, 0.3) is 0 Å².